The van der Waals surface area contributed by atoms with Crippen molar-refractivity contribution in [1.29, 1.82) is 0 Å². The number of terminal acetylenes is 1. The number of carbonyl (C=O) groups is 1. The number of ether oxygens (including phenoxy) is 1. The Morgan fingerprint density at radius 2 is 2.00 bits per heavy atom. The zero-order chi connectivity index (χ0) is 25.5. The van der Waals surface area contributed by atoms with Crippen LogP contribution in [0.15, 0.2) is 47.4 Å². The molecular formula is C29H32N4O2S. The maximum absolute atomic E-state index is 12.6. The van der Waals surface area contributed by atoms with E-state index >= 15 is 0 Å². The number of anilines is 1. The summed E-state index contributed by atoms with van der Waals surface area (Å²) in [6, 6.07) is 14.6. The lowest BCUT2D eigenvalue weighted by Gasteiger charge is -2.29. The molecule has 4 rings (SSSR count). The monoisotopic (exact) mass is 500 g/mol. The number of nitrogens with zero attached hydrogens (tertiary/aromatic N) is 2. The second-order valence-electron chi connectivity index (χ2n) is 8.89. The Bertz CT molecular complexity index is 1340. The highest BCUT2D eigenvalue weighted by Crippen LogP contribution is 2.29. The maximum Gasteiger partial charge on any atom is 0.307 e. The van der Waals surface area contributed by atoms with Crippen LogP contribution in [0.4, 0.5) is 5.69 Å². The predicted octanol–water partition coefficient (Wildman–Crippen LogP) is 4.29. The highest BCUT2D eigenvalue weighted by Gasteiger charge is 2.17. The van der Waals surface area contributed by atoms with Crippen molar-refractivity contribution in [3.63, 3.8) is 0 Å². The fourth-order valence-corrected chi connectivity index (χ4v) is 4.87. The summed E-state index contributed by atoms with van der Waals surface area (Å²) in [7, 11) is 3.82. The Morgan fingerprint density at radius 1 is 1.19 bits per heavy atom. The molecule has 3 aromatic rings. The van der Waals surface area contributed by atoms with Crippen LogP contribution in [-0.4, -0.2) is 61.5 Å². The van der Waals surface area contributed by atoms with Gasteiger partial charge in [0.25, 0.3) is 0 Å². The predicted molar refractivity (Wildman–Crippen MR) is 149 cm³/mol. The van der Waals surface area contributed by atoms with Gasteiger partial charge in [-0.05, 0) is 93.0 Å². The van der Waals surface area contributed by atoms with E-state index in [9.17, 15) is 4.79 Å². The van der Waals surface area contributed by atoms with Crippen molar-refractivity contribution in [3.05, 3.63) is 53.7 Å². The van der Waals surface area contributed by atoms with Gasteiger partial charge in [-0.3, -0.25) is 9.36 Å². The van der Waals surface area contributed by atoms with Crippen LogP contribution in [0.25, 0.3) is 10.9 Å². The fraction of sp³-hybridized carbons (Fsp3) is 0.345. The van der Waals surface area contributed by atoms with Gasteiger partial charge in [-0.2, -0.15) is 0 Å². The molecule has 186 valence electrons. The number of hydrogen-bond acceptors (Lipinski definition) is 6. The highest BCUT2D eigenvalue weighted by molar-refractivity contribution is 7.98. The van der Waals surface area contributed by atoms with Gasteiger partial charge in [0.2, 0.25) is 0 Å². The normalized spacial score (nSPS) is 14.2. The largest absolute Gasteiger partial charge is 0.495 e. The van der Waals surface area contributed by atoms with Crippen molar-refractivity contribution in [2.75, 3.05) is 45.4 Å². The van der Waals surface area contributed by atoms with Crippen LogP contribution in [0.2, 0.25) is 0 Å². The molecule has 1 aliphatic heterocycles. The van der Waals surface area contributed by atoms with E-state index in [0.717, 1.165) is 59.7 Å². The first-order chi connectivity index (χ1) is 17.5. The van der Waals surface area contributed by atoms with Gasteiger partial charge in [0, 0.05) is 22.9 Å². The van der Waals surface area contributed by atoms with Gasteiger partial charge >= 0.3 is 5.91 Å². The molecule has 0 unspecified atom stereocenters. The molecule has 36 heavy (non-hydrogen) atoms. The number of aromatic nitrogens is 1. The Kier molecular flexibility index (Phi) is 8.61. The van der Waals surface area contributed by atoms with Gasteiger partial charge in [0.15, 0.2) is 0 Å². The second kappa shape index (κ2) is 12.1. The van der Waals surface area contributed by atoms with E-state index in [4.69, 9.17) is 11.2 Å². The van der Waals surface area contributed by atoms with E-state index in [1.807, 2.05) is 42.7 Å². The van der Waals surface area contributed by atoms with E-state index in [1.165, 1.54) is 10.1 Å². The summed E-state index contributed by atoms with van der Waals surface area (Å²) in [5.41, 5.74) is 3.40. The molecular weight excluding hydrogens is 468 g/mol. The number of rotatable bonds is 7. The lowest BCUT2D eigenvalue weighted by molar-refractivity contribution is 0.0984. The van der Waals surface area contributed by atoms with Gasteiger partial charge in [-0.1, -0.05) is 12.0 Å². The summed E-state index contributed by atoms with van der Waals surface area (Å²) in [5.74, 6) is 8.82. The average Bonchev–Trinajstić information content (AvgIpc) is 3.27. The number of hydrogen-bond donors (Lipinski definition) is 2. The van der Waals surface area contributed by atoms with Crippen LogP contribution in [0.3, 0.4) is 0 Å². The van der Waals surface area contributed by atoms with Crippen LogP contribution < -0.4 is 15.4 Å². The number of likely N-dealkylation sites (tertiary alicyclic amines) is 1. The van der Waals surface area contributed by atoms with E-state index in [2.05, 4.69) is 46.4 Å². The lowest BCUT2D eigenvalue weighted by Crippen LogP contribution is -2.40. The third-order valence-corrected chi connectivity index (χ3v) is 7.22. The van der Waals surface area contributed by atoms with Gasteiger partial charge in [-0.15, -0.1) is 18.2 Å². The van der Waals surface area contributed by atoms with Crippen molar-refractivity contribution in [3.8, 4) is 29.9 Å². The Labute approximate surface area is 217 Å². The number of thioether (sulfide) groups is 1. The van der Waals surface area contributed by atoms with E-state index in [0.29, 0.717) is 18.3 Å². The first-order valence-electron chi connectivity index (χ1n) is 12.0. The number of nitrogens with one attached hydrogen (secondary N) is 2. The van der Waals surface area contributed by atoms with Crippen molar-refractivity contribution in [1.82, 2.24) is 14.8 Å². The number of benzene rings is 2. The Balaban J connectivity index is 1.50. The molecule has 0 radical (unpaired) electrons. The van der Waals surface area contributed by atoms with Gasteiger partial charge in [0.1, 0.15) is 11.4 Å². The smallest absolute Gasteiger partial charge is 0.307 e. The third-order valence-electron chi connectivity index (χ3n) is 6.50. The molecule has 2 aromatic carbocycles. The van der Waals surface area contributed by atoms with Crippen molar-refractivity contribution in [2.45, 2.75) is 30.3 Å². The first-order valence-corrected chi connectivity index (χ1v) is 13.3. The molecule has 6 nitrogen and oxygen atoms in total. The highest BCUT2D eigenvalue weighted by atomic mass is 32.2. The molecule has 0 amide bonds. The van der Waals surface area contributed by atoms with Crippen LogP contribution in [-0.2, 0) is 6.54 Å². The van der Waals surface area contributed by atoms with Crippen molar-refractivity contribution >= 4 is 34.3 Å². The summed E-state index contributed by atoms with van der Waals surface area (Å²) in [4.78, 5) is 16.1. The molecule has 1 aliphatic rings. The molecule has 7 heteroatoms. The maximum atomic E-state index is 12.6. The quantitative estimate of drug-likeness (QED) is 0.373. The standard InChI is InChI=1S/C29H32N4O2S/c1-5-29(34)33-24(7-6-14-30-26-10-9-25(36-4)19-28(26)35-3)18-22-17-21(8-11-27(22)33)20-31-23-12-15-32(2)16-13-23/h1,8-11,17-19,23,30-31H,12-16,20H2,2-4H3. The minimum absolute atomic E-state index is 0.395. The minimum atomic E-state index is -0.422. The average molecular weight is 501 g/mol. The van der Waals surface area contributed by atoms with Crippen molar-refractivity contribution in [2.24, 2.45) is 0 Å². The SMILES string of the molecule is C#CC(=O)n1c(C#CCNc2ccc(SC)cc2OC)cc2cc(CNC3CCN(C)CC3)ccc21. The molecule has 2 heterocycles. The zero-order valence-electron chi connectivity index (χ0n) is 21.1. The van der Waals surface area contributed by atoms with Crippen molar-refractivity contribution < 1.29 is 9.53 Å². The first kappa shape index (κ1) is 25.7. The van der Waals surface area contributed by atoms with E-state index in [-0.39, 0.29) is 0 Å². The van der Waals surface area contributed by atoms with Crippen LogP contribution in [0.5, 0.6) is 5.75 Å². The molecule has 0 atom stereocenters. The van der Waals surface area contributed by atoms with E-state index in [1.54, 1.807) is 18.9 Å². The van der Waals surface area contributed by atoms with Crippen LogP contribution in [0, 0.1) is 24.2 Å². The molecule has 0 aliphatic carbocycles. The Hall–Kier alpha value is -3.36. The molecule has 0 saturated carbocycles. The second-order valence-corrected chi connectivity index (χ2v) is 9.77. The Morgan fingerprint density at radius 3 is 2.72 bits per heavy atom. The van der Waals surface area contributed by atoms with Gasteiger partial charge in [0.05, 0.1) is 24.9 Å². The topological polar surface area (TPSA) is 58.5 Å². The molecule has 0 bridgehead atoms. The lowest BCUT2D eigenvalue weighted by atomic mass is 10.0. The summed E-state index contributed by atoms with van der Waals surface area (Å²) in [6.07, 6.45) is 9.82. The number of piperidine rings is 1. The molecule has 1 saturated heterocycles. The van der Waals surface area contributed by atoms with Gasteiger partial charge < -0.3 is 20.3 Å². The van der Waals surface area contributed by atoms with Crippen LogP contribution in [0.1, 0.15) is 28.9 Å². The summed E-state index contributed by atoms with van der Waals surface area (Å²) in [6.45, 7) is 3.44. The van der Waals surface area contributed by atoms with E-state index < -0.39 is 5.91 Å². The zero-order valence-corrected chi connectivity index (χ0v) is 21.9. The molecule has 1 fully saturated rings. The molecule has 2 N–H and O–H groups in total. The van der Waals surface area contributed by atoms with Gasteiger partial charge in [-0.25, -0.2) is 0 Å². The summed E-state index contributed by atoms with van der Waals surface area (Å²) in [5, 5.41) is 7.91. The molecule has 0 spiro atoms. The summed E-state index contributed by atoms with van der Waals surface area (Å²) >= 11 is 1.66. The number of fused-ring (bicyclic) bond motifs is 1. The summed E-state index contributed by atoms with van der Waals surface area (Å²) < 4.78 is 7.00. The van der Waals surface area contributed by atoms with Crippen LogP contribution >= 0.6 is 11.8 Å². The molecule has 1 aromatic heterocycles. The number of methoxy groups -OCH3 is 1. The minimum Gasteiger partial charge on any atom is -0.495 e. The third kappa shape index (κ3) is 6.06. The fourth-order valence-electron chi connectivity index (χ4n) is 4.44. The number of carbonyl (C=O) groups excluding carboxylic acids is 1.